The molecule has 11 heavy (non-hydrogen) atoms. The van der Waals surface area contributed by atoms with Crippen LogP contribution in [0.1, 0.15) is 19.3 Å². The van der Waals surface area contributed by atoms with Gasteiger partial charge in [0.2, 0.25) is 0 Å². The minimum atomic E-state index is -1.95. The van der Waals surface area contributed by atoms with Gasteiger partial charge >= 0.3 is 29.6 Å². The molecule has 0 amide bonds. The zero-order valence-electron chi connectivity index (χ0n) is 6.91. The average molecular weight is 186 g/mol. The molecule has 0 radical (unpaired) electrons. The van der Waals surface area contributed by atoms with Gasteiger partial charge in [-0.05, 0) is 30.3 Å². The zero-order valence-corrected chi connectivity index (χ0v) is 9.73. The van der Waals surface area contributed by atoms with Gasteiger partial charge in [0, 0.05) is 12.4 Å². The number of hydrogen-bond acceptors (Lipinski definition) is 3. The van der Waals surface area contributed by atoms with Gasteiger partial charge in [0.15, 0.2) is 0 Å². The van der Waals surface area contributed by atoms with E-state index in [0.717, 1.165) is 19.3 Å². The molecule has 0 aromatic heterocycles. The maximum Gasteiger partial charge on any atom is 1.00 e. The average Bonchev–Trinajstić information content (AvgIpc) is 2.33. The molecule has 0 bridgehead atoms. The van der Waals surface area contributed by atoms with Crippen LogP contribution in [-0.2, 0) is 15.8 Å². The fourth-order valence-electron chi connectivity index (χ4n) is 1.38. The van der Waals surface area contributed by atoms with Crippen LogP contribution in [0.4, 0.5) is 0 Å². The van der Waals surface area contributed by atoms with E-state index in [1.807, 2.05) is 0 Å². The van der Waals surface area contributed by atoms with Crippen LogP contribution in [0, 0.1) is 0 Å². The molecular formula is C6H11NaO3S. The molecule has 1 unspecified atom stereocenters. The van der Waals surface area contributed by atoms with Crippen LogP contribution < -0.4 is 29.6 Å². The number of rotatable bonds is 2. The second kappa shape index (κ2) is 5.67. The van der Waals surface area contributed by atoms with Crippen molar-refractivity contribution in [2.24, 2.45) is 0 Å². The van der Waals surface area contributed by atoms with E-state index >= 15 is 0 Å². The monoisotopic (exact) mass is 186 g/mol. The molecule has 3 atom stereocenters. The Morgan fingerprint density at radius 3 is 2.55 bits per heavy atom. The number of ether oxygens (including phenoxy) is 1. The van der Waals surface area contributed by atoms with Crippen molar-refractivity contribution in [3.63, 3.8) is 0 Å². The fourth-order valence-corrected chi connectivity index (χ4v) is 2.24. The van der Waals surface area contributed by atoms with E-state index in [1.54, 1.807) is 7.11 Å². The van der Waals surface area contributed by atoms with E-state index in [-0.39, 0.29) is 40.9 Å². The Hall–Kier alpha value is 1.07. The summed E-state index contributed by atoms with van der Waals surface area (Å²) in [5.74, 6) is 0. The van der Waals surface area contributed by atoms with Crippen molar-refractivity contribution in [1.29, 1.82) is 0 Å². The summed E-state index contributed by atoms with van der Waals surface area (Å²) in [5.41, 5.74) is 0. The Kier molecular flexibility index (Phi) is 6.22. The molecule has 1 rings (SSSR count). The van der Waals surface area contributed by atoms with Gasteiger partial charge in [0.1, 0.15) is 0 Å². The molecule has 0 saturated heterocycles. The normalized spacial score (nSPS) is 32.9. The van der Waals surface area contributed by atoms with Crippen molar-refractivity contribution in [2.45, 2.75) is 30.6 Å². The second-order valence-electron chi connectivity index (χ2n) is 2.50. The largest absolute Gasteiger partial charge is 1.00 e. The third-order valence-corrected chi connectivity index (χ3v) is 2.98. The predicted molar refractivity (Wildman–Crippen MR) is 37.4 cm³/mol. The molecule has 0 N–H and O–H groups in total. The van der Waals surface area contributed by atoms with Gasteiger partial charge in [0.05, 0.1) is 6.10 Å². The molecule has 0 aromatic rings. The Labute approximate surface area is 91.5 Å². The topological polar surface area (TPSA) is 49.4 Å². The van der Waals surface area contributed by atoms with Crippen molar-refractivity contribution >= 4 is 11.1 Å². The molecule has 0 spiro atoms. The minimum absolute atomic E-state index is 0. The molecule has 1 fully saturated rings. The first kappa shape index (κ1) is 12.1. The molecular weight excluding hydrogens is 175 g/mol. The van der Waals surface area contributed by atoms with E-state index in [9.17, 15) is 8.76 Å². The van der Waals surface area contributed by atoms with E-state index in [1.165, 1.54) is 0 Å². The first-order chi connectivity index (χ1) is 4.75. The van der Waals surface area contributed by atoms with Gasteiger partial charge in [-0.15, -0.1) is 0 Å². The van der Waals surface area contributed by atoms with E-state index in [0.29, 0.717) is 0 Å². The van der Waals surface area contributed by atoms with Crippen molar-refractivity contribution in [1.82, 2.24) is 0 Å². The van der Waals surface area contributed by atoms with Crippen LogP contribution in [0.25, 0.3) is 0 Å². The summed E-state index contributed by atoms with van der Waals surface area (Å²) >= 11 is -1.95. The van der Waals surface area contributed by atoms with E-state index in [4.69, 9.17) is 4.74 Å². The summed E-state index contributed by atoms with van der Waals surface area (Å²) in [4.78, 5) is 0. The summed E-state index contributed by atoms with van der Waals surface area (Å²) in [5, 5.41) is -0.259. The molecule has 1 aliphatic rings. The molecule has 3 nitrogen and oxygen atoms in total. The Morgan fingerprint density at radius 1 is 1.55 bits per heavy atom. The molecule has 1 aliphatic carbocycles. The van der Waals surface area contributed by atoms with Crippen LogP contribution in [0.15, 0.2) is 0 Å². The van der Waals surface area contributed by atoms with Crippen molar-refractivity contribution in [3.8, 4) is 0 Å². The molecule has 0 aliphatic heterocycles. The molecule has 60 valence electrons. The summed E-state index contributed by atoms with van der Waals surface area (Å²) in [7, 11) is 1.57. The van der Waals surface area contributed by atoms with Crippen LogP contribution in [0.2, 0.25) is 0 Å². The van der Waals surface area contributed by atoms with Gasteiger partial charge < -0.3 is 9.29 Å². The SMILES string of the molecule is CO[C@@H]1CCC[C@@H]1S(=O)[O-].[Na+]. The minimum Gasteiger partial charge on any atom is -0.772 e. The summed E-state index contributed by atoms with van der Waals surface area (Å²) in [6.45, 7) is 0. The first-order valence-corrected chi connectivity index (χ1v) is 4.50. The van der Waals surface area contributed by atoms with E-state index in [2.05, 4.69) is 0 Å². The van der Waals surface area contributed by atoms with Crippen molar-refractivity contribution in [2.75, 3.05) is 7.11 Å². The van der Waals surface area contributed by atoms with Crippen molar-refractivity contribution in [3.05, 3.63) is 0 Å². The smallest absolute Gasteiger partial charge is 0.772 e. The Morgan fingerprint density at radius 2 is 2.18 bits per heavy atom. The van der Waals surface area contributed by atoms with Crippen LogP contribution in [-0.4, -0.2) is 27.2 Å². The Balaban J connectivity index is 0.000001000. The molecule has 1 saturated carbocycles. The van der Waals surface area contributed by atoms with Crippen molar-refractivity contribution < 1.29 is 43.1 Å². The van der Waals surface area contributed by atoms with E-state index < -0.39 is 11.1 Å². The third-order valence-electron chi connectivity index (χ3n) is 1.94. The first-order valence-electron chi connectivity index (χ1n) is 3.36. The van der Waals surface area contributed by atoms with Gasteiger partial charge in [0.25, 0.3) is 0 Å². The van der Waals surface area contributed by atoms with Gasteiger partial charge in [-0.25, -0.2) is 0 Å². The molecule has 0 heterocycles. The summed E-state index contributed by atoms with van der Waals surface area (Å²) in [6, 6.07) is 0. The fraction of sp³-hybridized carbons (Fsp3) is 1.00. The predicted octanol–water partition coefficient (Wildman–Crippen LogP) is -2.56. The van der Waals surface area contributed by atoms with Crippen LogP contribution in [0.3, 0.4) is 0 Å². The van der Waals surface area contributed by atoms with Crippen LogP contribution in [0.5, 0.6) is 0 Å². The zero-order chi connectivity index (χ0) is 7.56. The molecule has 0 aromatic carbocycles. The quantitative estimate of drug-likeness (QED) is 0.352. The summed E-state index contributed by atoms with van der Waals surface area (Å²) < 4.78 is 26.0. The second-order valence-corrected chi connectivity index (χ2v) is 3.63. The Bertz CT molecular complexity index is 142. The number of methoxy groups -OCH3 is 1. The number of hydrogen-bond donors (Lipinski definition) is 0. The third kappa shape index (κ3) is 3.13. The van der Waals surface area contributed by atoms with Gasteiger partial charge in [-0.3, -0.25) is 4.21 Å². The molecule has 5 heteroatoms. The van der Waals surface area contributed by atoms with Gasteiger partial charge in [-0.2, -0.15) is 0 Å². The maximum absolute atomic E-state index is 10.5. The van der Waals surface area contributed by atoms with Gasteiger partial charge in [-0.1, -0.05) is 0 Å². The summed E-state index contributed by atoms with van der Waals surface area (Å²) in [6.07, 6.45) is 2.55. The maximum atomic E-state index is 10.5. The van der Waals surface area contributed by atoms with Crippen LogP contribution >= 0.6 is 0 Å². The standard InChI is InChI=1S/C6H12O3S.Na/c1-9-5-3-2-4-6(5)10(7)8;/h5-6H,2-4H2,1H3,(H,7,8);/q;+1/p-1/t5-,6+;/m1./s1.